The van der Waals surface area contributed by atoms with Crippen molar-refractivity contribution in [3.63, 3.8) is 0 Å². The van der Waals surface area contributed by atoms with Crippen LogP contribution in [0.2, 0.25) is 0 Å². The lowest BCUT2D eigenvalue weighted by molar-refractivity contribution is -0.379. The molecule has 66 heavy (non-hydrogen) atoms. The fourth-order valence-electron chi connectivity index (χ4n) is 7.76. The van der Waals surface area contributed by atoms with Gasteiger partial charge in [0.1, 0.15) is 73.2 Å². The summed E-state index contributed by atoms with van der Waals surface area (Å²) in [5.74, 6) is -0.310. The van der Waals surface area contributed by atoms with E-state index in [9.17, 15) is 61.0 Å². The molecule has 382 valence electrons. The molecule has 3 heterocycles. The molecular weight excluding hydrogens is 867 g/mol. The fourth-order valence-corrected chi connectivity index (χ4v) is 7.76. The largest absolute Gasteiger partial charge is 0.394 e. The van der Waals surface area contributed by atoms with Crippen molar-refractivity contribution in [2.45, 2.75) is 214 Å². The minimum absolute atomic E-state index is 0.216. The third kappa shape index (κ3) is 18.9. The van der Waals surface area contributed by atoms with E-state index in [0.717, 1.165) is 64.2 Å². The van der Waals surface area contributed by atoms with Crippen LogP contribution in [0.1, 0.15) is 110 Å². The van der Waals surface area contributed by atoms with Gasteiger partial charge in [0.2, 0.25) is 5.91 Å². The number of aliphatic hydroxyl groups is 11. The predicted molar refractivity (Wildman–Crippen MR) is 240 cm³/mol. The Bertz CT molecular complexity index is 1410. The molecule has 0 aliphatic carbocycles. The van der Waals surface area contributed by atoms with Crippen LogP contribution in [0.15, 0.2) is 48.6 Å². The van der Waals surface area contributed by atoms with Crippen molar-refractivity contribution in [2.24, 2.45) is 0 Å². The van der Waals surface area contributed by atoms with E-state index in [4.69, 9.17) is 28.4 Å². The average Bonchev–Trinajstić information content (AvgIpc) is 3.31. The monoisotopic (exact) mass is 948 g/mol. The van der Waals surface area contributed by atoms with Gasteiger partial charge in [-0.2, -0.15) is 0 Å². The van der Waals surface area contributed by atoms with E-state index >= 15 is 0 Å². The van der Waals surface area contributed by atoms with Crippen LogP contribution in [0.5, 0.6) is 0 Å². The number of aliphatic hydroxyl groups excluding tert-OH is 11. The zero-order valence-corrected chi connectivity index (χ0v) is 38.6. The van der Waals surface area contributed by atoms with Gasteiger partial charge in [0.25, 0.3) is 0 Å². The van der Waals surface area contributed by atoms with Crippen LogP contribution in [-0.4, -0.2) is 193 Å². The number of carbonyl (C=O) groups excluding carboxylic acids is 1. The molecule has 0 saturated carbocycles. The SMILES string of the molecule is CCC/C=C/CC/C=C/C(O)C(COC1OC(CO)C(OC2OC(CO)C(OC3OC(CO)C(O)C(O)C3O)C(O)C2O)C(O)C1O)NC(=O)CCCCCCC/C=C\C/C=C\CCCC. The normalized spacial score (nSPS) is 34.2. The molecule has 19 heteroatoms. The number of allylic oxidation sites excluding steroid dienone is 7. The summed E-state index contributed by atoms with van der Waals surface area (Å²) in [6, 6.07) is -0.993. The van der Waals surface area contributed by atoms with Gasteiger partial charge < -0.3 is 89.9 Å². The minimum Gasteiger partial charge on any atom is -0.394 e. The molecule has 19 nitrogen and oxygen atoms in total. The Kier molecular flexibility index (Phi) is 28.6. The first-order valence-corrected chi connectivity index (χ1v) is 23.9. The fraction of sp³-hybridized carbons (Fsp3) is 0.809. The standard InChI is InChI=1S/C47H81NO18/c1-3-5-7-9-11-12-13-14-15-16-17-19-21-23-25-35(53)48-30(31(52)24-22-20-18-10-8-6-4-2)29-61-45-41(59)38(56)43(33(27-50)63-45)66-47-42(60)39(57)44(34(28-51)64-47)65-46-40(58)37(55)36(54)32(26-49)62-46/h8-11,13-14,22,24,30-34,36-47,49-52,54-60H,3-7,12,15-21,23,25-29H2,1-2H3,(H,48,53)/b10-8+,11-9-,14-13-,24-22+. The number of carbonyl (C=O) groups is 1. The first kappa shape index (κ1) is 58.1. The molecule has 0 aromatic heterocycles. The van der Waals surface area contributed by atoms with Crippen molar-refractivity contribution in [3.05, 3.63) is 48.6 Å². The van der Waals surface area contributed by atoms with E-state index in [-0.39, 0.29) is 18.9 Å². The molecule has 3 rings (SSSR count). The highest BCUT2D eigenvalue weighted by Gasteiger charge is 2.53. The van der Waals surface area contributed by atoms with Crippen molar-refractivity contribution >= 4 is 5.91 Å². The molecule has 3 aliphatic rings. The molecule has 0 radical (unpaired) electrons. The first-order chi connectivity index (χ1) is 31.8. The molecule has 1 amide bonds. The second kappa shape index (κ2) is 32.5. The molecule has 3 aliphatic heterocycles. The molecule has 0 spiro atoms. The average molecular weight is 948 g/mol. The molecule has 17 unspecified atom stereocenters. The van der Waals surface area contributed by atoms with Crippen molar-refractivity contribution in [1.82, 2.24) is 5.32 Å². The van der Waals surface area contributed by atoms with Gasteiger partial charge in [0, 0.05) is 6.42 Å². The topological polar surface area (TPSA) is 307 Å². The Morgan fingerprint density at radius 2 is 1.05 bits per heavy atom. The summed E-state index contributed by atoms with van der Waals surface area (Å²) in [4.78, 5) is 13.1. The summed E-state index contributed by atoms with van der Waals surface area (Å²) in [6.07, 6.45) is 3.12. The van der Waals surface area contributed by atoms with E-state index in [1.54, 1.807) is 12.2 Å². The van der Waals surface area contributed by atoms with E-state index < -0.39 is 124 Å². The summed E-state index contributed by atoms with van der Waals surface area (Å²) in [6.45, 7) is 1.46. The molecule has 0 aromatic carbocycles. The third-order valence-electron chi connectivity index (χ3n) is 11.8. The van der Waals surface area contributed by atoms with E-state index in [1.165, 1.54) is 12.8 Å². The number of amides is 1. The molecule has 3 fully saturated rings. The van der Waals surface area contributed by atoms with Crippen molar-refractivity contribution in [3.8, 4) is 0 Å². The van der Waals surface area contributed by atoms with Crippen LogP contribution in [0.3, 0.4) is 0 Å². The summed E-state index contributed by atoms with van der Waals surface area (Å²) >= 11 is 0. The Morgan fingerprint density at radius 3 is 1.65 bits per heavy atom. The van der Waals surface area contributed by atoms with Crippen LogP contribution >= 0.6 is 0 Å². The quantitative estimate of drug-likeness (QED) is 0.0331. The minimum atomic E-state index is -1.98. The lowest BCUT2D eigenvalue weighted by Gasteiger charge is -2.48. The Hall–Kier alpha value is -2.25. The second-order valence-electron chi connectivity index (χ2n) is 17.2. The van der Waals surface area contributed by atoms with Gasteiger partial charge in [-0.05, 0) is 51.4 Å². The maximum Gasteiger partial charge on any atom is 0.220 e. The van der Waals surface area contributed by atoms with Gasteiger partial charge >= 0.3 is 0 Å². The summed E-state index contributed by atoms with van der Waals surface area (Å²) < 4.78 is 33.9. The molecule has 0 bridgehead atoms. The van der Waals surface area contributed by atoms with Crippen LogP contribution in [0.4, 0.5) is 0 Å². The van der Waals surface area contributed by atoms with Crippen LogP contribution in [-0.2, 0) is 33.2 Å². The van der Waals surface area contributed by atoms with Gasteiger partial charge in [-0.3, -0.25) is 4.79 Å². The lowest BCUT2D eigenvalue weighted by Crippen LogP contribution is -2.66. The third-order valence-corrected chi connectivity index (χ3v) is 11.8. The second-order valence-corrected chi connectivity index (χ2v) is 17.2. The Balaban J connectivity index is 1.57. The number of unbranched alkanes of at least 4 members (excludes halogenated alkanes) is 9. The highest BCUT2D eigenvalue weighted by atomic mass is 16.8. The van der Waals surface area contributed by atoms with Crippen molar-refractivity contribution in [1.29, 1.82) is 0 Å². The molecule has 12 N–H and O–H groups in total. The van der Waals surface area contributed by atoms with E-state index in [0.29, 0.717) is 12.8 Å². The number of rotatable bonds is 31. The number of ether oxygens (including phenoxy) is 6. The van der Waals surface area contributed by atoms with Crippen molar-refractivity contribution < 1.29 is 89.4 Å². The molecule has 0 aromatic rings. The molecule has 3 saturated heterocycles. The zero-order chi connectivity index (χ0) is 48.4. The van der Waals surface area contributed by atoms with Crippen LogP contribution < -0.4 is 5.32 Å². The van der Waals surface area contributed by atoms with Gasteiger partial charge in [-0.25, -0.2) is 0 Å². The Labute approximate surface area is 389 Å². The number of hydrogen-bond donors (Lipinski definition) is 12. The molecule has 17 atom stereocenters. The van der Waals surface area contributed by atoms with E-state index in [1.807, 2.05) is 0 Å². The van der Waals surface area contributed by atoms with Crippen LogP contribution in [0, 0.1) is 0 Å². The zero-order valence-electron chi connectivity index (χ0n) is 38.6. The highest BCUT2D eigenvalue weighted by molar-refractivity contribution is 5.76. The van der Waals surface area contributed by atoms with Gasteiger partial charge in [-0.1, -0.05) is 101 Å². The van der Waals surface area contributed by atoms with Gasteiger partial charge in [0.05, 0.1) is 38.6 Å². The predicted octanol–water partition coefficient (Wildman–Crippen LogP) is 0.413. The smallest absolute Gasteiger partial charge is 0.220 e. The Morgan fingerprint density at radius 1 is 0.545 bits per heavy atom. The maximum absolute atomic E-state index is 13.1. The summed E-state index contributed by atoms with van der Waals surface area (Å²) in [7, 11) is 0. The summed E-state index contributed by atoms with van der Waals surface area (Å²) in [5.41, 5.74) is 0. The first-order valence-electron chi connectivity index (χ1n) is 23.9. The molecular formula is C47H81NO18. The maximum atomic E-state index is 13.1. The van der Waals surface area contributed by atoms with Crippen molar-refractivity contribution in [2.75, 3.05) is 26.4 Å². The summed E-state index contributed by atoms with van der Waals surface area (Å²) in [5, 5.41) is 119. The lowest BCUT2D eigenvalue weighted by atomic mass is 9.96. The number of hydrogen-bond acceptors (Lipinski definition) is 18. The van der Waals surface area contributed by atoms with Crippen LogP contribution in [0.25, 0.3) is 0 Å². The highest BCUT2D eigenvalue weighted by Crippen LogP contribution is 2.33. The van der Waals surface area contributed by atoms with Gasteiger partial charge in [0.15, 0.2) is 18.9 Å². The number of nitrogens with one attached hydrogen (secondary N) is 1. The van der Waals surface area contributed by atoms with E-state index in [2.05, 4.69) is 55.6 Å². The van der Waals surface area contributed by atoms with Gasteiger partial charge in [-0.15, -0.1) is 0 Å².